The molecule has 0 saturated carbocycles. The molecule has 1 saturated heterocycles. The molecule has 0 unspecified atom stereocenters. The van der Waals surface area contributed by atoms with Crippen LogP contribution in [0.2, 0.25) is 0 Å². The van der Waals surface area contributed by atoms with Crippen molar-refractivity contribution in [3.05, 3.63) is 0 Å². The molecule has 0 bridgehead atoms. The van der Waals surface area contributed by atoms with Crippen LogP contribution in [0.4, 0.5) is 0 Å². The summed E-state index contributed by atoms with van der Waals surface area (Å²) in [5, 5.41) is 2.66. The molecule has 30 heavy (non-hydrogen) atoms. The van der Waals surface area contributed by atoms with E-state index in [0.717, 1.165) is 27.7 Å². The van der Waals surface area contributed by atoms with E-state index in [-0.39, 0.29) is 23.6 Å². The topological polar surface area (TPSA) is 144 Å². The van der Waals surface area contributed by atoms with Crippen molar-refractivity contribution in [3.63, 3.8) is 0 Å². The summed E-state index contributed by atoms with van der Waals surface area (Å²) < 4.78 is 26.6. The van der Waals surface area contributed by atoms with E-state index in [4.69, 9.17) is 35.9 Å². The largest absolute Gasteiger partial charge is 0.463 e. The molecule has 1 rings (SSSR count). The summed E-state index contributed by atoms with van der Waals surface area (Å²) in [5.74, 6) is -5.03. The highest BCUT2D eigenvalue weighted by Gasteiger charge is 2.53. The Labute approximate surface area is 178 Å². The molecule has 1 aliphatic rings. The lowest BCUT2D eigenvalue weighted by atomic mass is 9.98. The third kappa shape index (κ3) is 8.41. The van der Waals surface area contributed by atoms with Gasteiger partial charge in [-0.2, -0.15) is 0 Å². The number of hydrogen-bond acceptors (Lipinski definition) is 11. The van der Waals surface area contributed by atoms with Crippen molar-refractivity contribution in [2.75, 3.05) is 6.61 Å². The quantitative estimate of drug-likeness (QED) is 0.237. The number of rotatable bonds is 8. The van der Waals surface area contributed by atoms with E-state index in [1.807, 2.05) is 0 Å². The van der Waals surface area contributed by atoms with E-state index >= 15 is 0 Å². The number of Topliss-reactive ketones (excluding diaryl/α,β-unsaturated/α-hetero) is 1. The van der Waals surface area contributed by atoms with Crippen molar-refractivity contribution < 1.29 is 47.7 Å². The Balaban J connectivity index is 3.34. The third-order valence-electron chi connectivity index (χ3n) is 3.66. The summed E-state index contributed by atoms with van der Waals surface area (Å²) in [5.41, 5.74) is 0. The average Bonchev–Trinajstić information content (AvgIpc) is 2.53. The lowest BCUT2D eigenvalue weighted by Crippen LogP contribution is -2.65. The Hall–Kier alpha value is -2.60. The van der Waals surface area contributed by atoms with Gasteiger partial charge in [0.25, 0.3) is 5.91 Å². The van der Waals surface area contributed by atoms with Gasteiger partial charge in [-0.15, -0.1) is 0 Å². The van der Waals surface area contributed by atoms with E-state index in [1.54, 1.807) is 0 Å². The SMILES string of the molecule is CC(=O)CC(=S)N[C@@]1(OC(C)=O)C[C@@H](OC(C)=O)[C@H](OC(C)=O)[C@@H](COC(C)=O)O1. The van der Waals surface area contributed by atoms with Gasteiger partial charge in [0.15, 0.2) is 6.10 Å². The number of esters is 4. The highest BCUT2D eigenvalue weighted by atomic mass is 32.1. The van der Waals surface area contributed by atoms with Gasteiger partial charge < -0.3 is 29.0 Å². The molecule has 1 N–H and O–H groups in total. The number of ether oxygens (including phenoxy) is 5. The van der Waals surface area contributed by atoms with Crippen LogP contribution in [0.25, 0.3) is 0 Å². The molecule has 1 aliphatic heterocycles. The first kappa shape index (κ1) is 25.4. The van der Waals surface area contributed by atoms with Crippen LogP contribution < -0.4 is 5.32 Å². The Morgan fingerprint density at radius 3 is 2.03 bits per heavy atom. The molecule has 11 nitrogen and oxygen atoms in total. The molecule has 0 radical (unpaired) electrons. The molecule has 12 heteroatoms. The second-order valence-corrected chi connectivity index (χ2v) is 7.15. The molecule has 0 aromatic carbocycles. The molecule has 0 aliphatic carbocycles. The Kier molecular flexibility index (Phi) is 9.30. The van der Waals surface area contributed by atoms with Crippen molar-refractivity contribution >= 4 is 46.9 Å². The normalized spacial score (nSPS) is 25.4. The predicted octanol–water partition coefficient (Wildman–Crippen LogP) is 0.315. The van der Waals surface area contributed by atoms with Crippen molar-refractivity contribution in [2.24, 2.45) is 0 Å². The molecule has 1 fully saturated rings. The molecule has 0 amide bonds. The summed E-state index contributed by atoms with van der Waals surface area (Å²) >= 11 is 5.12. The zero-order chi connectivity index (χ0) is 23.1. The molecular formula is C18H25NO10S. The van der Waals surface area contributed by atoms with Gasteiger partial charge in [-0.3, -0.25) is 24.0 Å². The maximum absolute atomic E-state index is 11.8. The van der Waals surface area contributed by atoms with Gasteiger partial charge in [-0.25, -0.2) is 0 Å². The minimum Gasteiger partial charge on any atom is -0.463 e. The van der Waals surface area contributed by atoms with Crippen LogP contribution in [0.1, 0.15) is 47.5 Å². The van der Waals surface area contributed by atoms with Crippen LogP contribution in [-0.4, -0.2) is 65.5 Å². The van der Waals surface area contributed by atoms with Crippen LogP contribution in [-0.2, 0) is 47.7 Å². The highest BCUT2D eigenvalue weighted by molar-refractivity contribution is 7.80. The van der Waals surface area contributed by atoms with Crippen LogP contribution >= 0.6 is 12.2 Å². The van der Waals surface area contributed by atoms with E-state index in [0.29, 0.717) is 0 Å². The molecular weight excluding hydrogens is 422 g/mol. The van der Waals surface area contributed by atoms with Gasteiger partial charge >= 0.3 is 23.9 Å². The van der Waals surface area contributed by atoms with Gasteiger partial charge in [0.05, 0.1) is 17.8 Å². The number of thiocarbonyl (C=S) groups is 1. The molecule has 168 valence electrons. The number of carbonyl (C=O) groups excluding carboxylic acids is 5. The maximum atomic E-state index is 11.8. The fourth-order valence-corrected chi connectivity index (χ4v) is 3.22. The zero-order valence-corrected chi connectivity index (χ0v) is 18.2. The molecule has 4 atom stereocenters. The van der Waals surface area contributed by atoms with Gasteiger partial charge in [0.2, 0.25) is 0 Å². The van der Waals surface area contributed by atoms with Crippen molar-refractivity contribution in [1.82, 2.24) is 5.32 Å². The van der Waals surface area contributed by atoms with Crippen LogP contribution in [0, 0.1) is 0 Å². The first-order valence-corrected chi connectivity index (χ1v) is 9.40. The number of ketones is 1. The van der Waals surface area contributed by atoms with E-state index in [2.05, 4.69) is 5.32 Å². The van der Waals surface area contributed by atoms with E-state index in [9.17, 15) is 24.0 Å². The maximum Gasteiger partial charge on any atom is 0.306 e. The minimum absolute atomic E-state index is 0.00231. The Morgan fingerprint density at radius 1 is 0.967 bits per heavy atom. The lowest BCUT2D eigenvalue weighted by Gasteiger charge is -2.46. The van der Waals surface area contributed by atoms with Crippen molar-refractivity contribution in [2.45, 2.75) is 71.7 Å². The van der Waals surface area contributed by atoms with Gasteiger partial charge in [-0.1, -0.05) is 12.2 Å². The first-order chi connectivity index (χ1) is 13.8. The predicted molar refractivity (Wildman–Crippen MR) is 103 cm³/mol. The lowest BCUT2D eigenvalue weighted by molar-refractivity contribution is -0.319. The third-order valence-corrected chi connectivity index (χ3v) is 3.91. The van der Waals surface area contributed by atoms with Crippen LogP contribution in [0.3, 0.4) is 0 Å². The molecule has 0 spiro atoms. The molecule has 1 heterocycles. The van der Waals surface area contributed by atoms with Crippen LogP contribution in [0.5, 0.6) is 0 Å². The summed E-state index contributed by atoms with van der Waals surface area (Å²) in [4.78, 5) is 57.6. The standard InChI is InChI=1S/C18H25NO10S/c1-9(20)6-16(30)19-18(28-13(5)24)7-14(26-11(3)22)17(27-12(4)23)15(29-18)8-25-10(2)21/h14-15,17H,6-8H2,1-5H3,(H,19,30)/t14-,15-,17+,18-/m1/s1. The van der Waals surface area contributed by atoms with E-state index < -0.39 is 54.7 Å². The van der Waals surface area contributed by atoms with E-state index in [1.165, 1.54) is 6.92 Å². The van der Waals surface area contributed by atoms with Crippen molar-refractivity contribution in [1.29, 1.82) is 0 Å². The minimum atomic E-state index is -1.96. The number of carbonyl (C=O) groups is 5. The Morgan fingerprint density at radius 2 is 1.57 bits per heavy atom. The summed E-state index contributed by atoms with van der Waals surface area (Å²) in [6.45, 7) is 5.46. The second-order valence-electron chi connectivity index (χ2n) is 6.66. The number of nitrogens with one attached hydrogen (secondary N) is 1. The zero-order valence-electron chi connectivity index (χ0n) is 17.3. The summed E-state index contributed by atoms with van der Waals surface area (Å²) in [7, 11) is 0. The van der Waals surface area contributed by atoms with Crippen LogP contribution in [0.15, 0.2) is 0 Å². The fraction of sp³-hybridized carbons (Fsp3) is 0.667. The highest BCUT2D eigenvalue weighted by Crippen LogP contribution is 2.33. The molecule has 0 aromatic rings. The van der Waals surface area contributed by atoms with Gasteiger partial charge in [0.1, 0.15) is 24.6 Å². The average molecular weight is 447 g/mol. The van der Waals surface area contributed by atoms with Gasteiger partial charge in [0, 0.05) is 27.7 Å². The monoisotopic (exact) mass is 447 g/mol. The smallest absolute Gasteiger partial charge is 0.306 e. The molecule has 0 aromatic heterocycles. The summed E-state index contributed by atoms with van der Waals surface area (Å²) in [6.07, 6.45) is -3.99. The number of hydrogen-bond donors (Lipinski definition) is 1. The summed E-state index contributed by atoms with van der Waals surface area (Å²) in [6, 6.07) is 0. The second kappa shape index (κ2) is 11.0. The van der Waals surface area contributed by atoms with Gasteiger partial charge in [-0.05, 0) is 6.92 Å². The Bertz CT molecular complexity index is 724. The fourth-order valence-electron chi connectivity index (χ4n) is 2.86. The van der Waals surface area contributed by atoms with Crippen molar-refractivity contribution in [3.8, 4) is 0 Å². The first-order valence-electron chi connectivity index (χ1n) is 8.99.